The molecule has 0 heterocycles. The molecule has 5 nitrogen and oxygen atoms in total. The summed E-state index contributed by atoms with van der Waals surface area (Å²) in [6, 6.07) is 7.30. The fraction of sp³-hybridized carbons (Fsp3) is 0.474. The number of benzene rings is 1. The molecule has 1 N–H and O–H groups in total. The number of amides is 2. The predicted molar refractivity (Wildman–Crippen MR) is 94.9 cm³/mol. The first-order valence-electron chi connectivity index (χ1n) is 8.50. The maximum Gasteiger partial charge on any atom is 0.228 e. The summed E-state index contributed by atoms with van der Waals surface area (Å²) < 4.78 is 5.28. The fourth-order valence-electron chi connectivity index (χ4n) is 3.12. The summed E-state index contributed by atoms with van der Waals surface area (Å²) >= 11 is 0. The zero-order valence-electron chi connectivity index (χ0n) is 14.6. The number of nitrogens with one attached hydrogen (secondary N) is 1. The Kier molecular flexibility index (Phi) is 6.41. The van der Waals surface area contributed by atoms with E-state index in [1.165, 1.54) is 0 Å². The first kappa shape index (κ1) is 18.0. The van der Waals surface area contributed by atoms with Gasteiger partial charge in [0.05, 0.1) is 24.6 Å². The molecule has 0 bridgehead atoms. The highest BCUT2D eigenvalue weighted by Gasteiger charge is 2.35. The highest BCUT2D eigenvalue weighted by atomic mass is 16.5. The molecule has 0 aromatic heterocycles. The van der Waals surface area contributed by atoms with E-state index in [0.717, 1.165) is 0 Å². The van der Waals surface area contributed by atoms with Gasteiger partial charge in [-0.3, -0.25) is 9.59 Å². The van der Waals surface area contributed by atoms with E-state index >= 15 is 0 Å². The summed E-state index contributed by atoms with van der Waals surface area (Å²) in [5.74, 6) is -0.111. The van der Waals surface area contributed by atoms with Gasteiger partial charge in [-0.15, -0.1) is 0 Å². The second kappa shape index (κ2) is 8.52. The molecule has 2 unspecified atom stereocenters. The van der Waals surface area contributed by atoms with E-state index in [4.69, 9.17) is 4.74 Å². The Morgan fingerprint density at radius 2 is 1.75 bits per heavy atom. The third-order valence-electron chi connectivity index (χ3n) is 4.53. The van der Waals surface area contributed by atoms with Crippen LogP contribution in [0.5, 0.6) is 5.75 Å². The van der Waals surface area contributed by atoms with Gasteiger partial charge in [0.1, 0.15) is 5.75 Å². The monoisotopic (exact) mass is 330 g/mol. The number of carbonyl (C=O) groups excluding carboxylic acids is 2. The minimum absolute atomic E-state index is 0.0597. The first-order chi connectivity index (χ1) is 11.6. The Labute approximate surface area is 143 Å². The molecule has 0 aliphatic heterocycles. The van der Waals surface area contributed by atoms with Crippen LogP contribution < -0.4 is 10.1 Å². The largest absolute Gasteiger partial charge is 0.495 e. The van der Waals surface area contributed by atoms with Gasteiger partial charge in [-0.25, -0.2) is 0 Å². The Bertz CT molecular complexity index is 608. The number of anilines is 1. The van der Waals surface area contributed by atoms with Crippen LogP contribution in [0, 0.1) is 11.8 Å². The van der Waals surface area contributed by atoms with Crippen molar-refractivity contribution in [3.8, 4) is 5.75 Å². The van der Waals surface area contributed by atoms with Crippen LogP contribution in [0.1, 0.15) is 26.7 Å². The molecule has 2 rings (SSSR count). The van der Waals surface area contributed by atoms with Crippen molar-refractivity contribution in [2.45, 2.75) is 26.7 Å². The van der Waals surface area contributed by atoms with Crippen LogP contribution in [0.15, 0.2) is 36.4 Å². The molecule has 0 saturated heterocycles. The van der Waals surface area contributed by atoms with Crippen LogP contribution in [0.4, 0.5) is 5.69 Å². The van der Waals surface area contributed by atoms with Crippen LogP contribution in [-0.4, -0.2) is 36.9 Å². The van der Waals surface area contributed by atoms with Crippen LogP contribution >= 0.6 is 0 Å². The SMILES string of the molecule is CCN(CC)C(=O)C1CC=CCC1C(=O)Nc1ccccc1OC. The van der Waals surface area contributed by atoms with Crippen molar-refractivity contribution in [2.24, 2.45) is 11.8 Å². The minimum Gasteiger partial charge on any atom is -0.495 e. The molecule has 5 heteroatoms. The van der Waals surface area contributed by atoms with E-state index in [9.17, 15) is 9.59 Å². The summed E-state index contributed by atoms with van der Waals surface area (Å²) in [6.07, 6.45) is 5.18. The highest BCUT2D eigenvalue weighted by Crippen LogP contribution is 2.30. The fourth-order valence-corrected chi connectivity index (χ4v) is 3.12. The van der Waals surface area contributed by atoms with Crippen LogP contribution in [0.25, 0.3) is 0 Å². The summed E-state index contributed by atoms with van der Waals surface area (Å²) in [5, 5.41) is 2.92. The van der Waals surface area contributed by atoms with Gasteiger partial charge < -0.3 is 15.0 Å². The molecule has 2 atom stereocenters. The van der Waals surface area contributed by atoms with E-state index in [0.29, 0.717) is 37.4 Å². The Balaban J connectivity index is 2.16. The van der Waals surface area contributed by atoms with Crippen molar-refractivity contribution >= 4 is 17.5 Å². The third kappa shape index (κ3) is 3.96. The maximum atomic E-state index is 12.8. The van der Waals surface area contributed by atoms with E-state index in [1.807, 2.05) is 38.1 Å². The molecule has 130 valence electrons. The number of hydrogen-bond acceptors (Lipinski definition) is 3. The number of carbonyl (C=O) groups is 2. The molecular weight excluding hydrogens is 304 g/mol. The number of hydrogen-bond donors (Lipinski definition) is 1. The lowest BCUT2D eigenvalue weighted by molar-refractivity contribution is -0.140. The number of nitrogens with zero attached hydrogens (tertiary/aromatic N) is 1. The van der Waals surface area contributed by atoms with Gasteiger partial charge in [0, 0.05) is 13.1 Å². The molecule has 0 radical (unpaired) electrons. The standard InChI is InChI=1S/C19H26N2O3/c1-4-21(5-2)19(23)15-11-7-6-10-14(15)18(22)20-16-12-8-9-13-17(16)24-3/h6-9,12-15H,4-5,10-11H2,1-3H3,(H,20,22). The molecule has 1 aliphatic carbocycles. The van der Waals surface area contributed by atoms with E-state index in [1.54, 1.807) is 24.1 Å². The summed E-state index contributed by atoms with van der Waals surface area (Å²) in [7, 11) is 1.57. The second-order valence-electron chi connectivity index (χ2n) is 5.86. The number of para-hydroxylation sites is 2. The maximum absolute atomic E-state index is 12.8. The zero-order valence-corrected chi connectivity index (χ0v) is 14.6. The Morgan fingerprint density at radius 3 is 2.38 bits per heavy atom. The average Bonchev–Trinajstić information content (AvgIpc) is 2.63. The Morgan fingerprint density at radius 1 is 1.12 bits per heavy atom. The van der Waals surface area contributed by atoms with Crippen molar-refractivity contribution in [3.63, 3.8) is 0 Å². The smallest absolute Gasteiger partial charge is 0.228 e. The molecule has 2 amide bonds. The second-order valence-corrected chi connectivity index (χ2v) is 5.86. The van der Waals surface area contributed by atoms with Gasteiger partial charge in [0.15, 0.2) is 0 Å². The van der Waals surface area contributed by atoms with Crippen molar-refractivity contribution < 1.29 is 14.3 Å². The molecular formula is C19H26N2O3. The number of ether oxygens (including phenoxy) is 1. The summed E-state index contributed by atoms with van der Waals surface area (Å²) in [5.41, 5.74) is 0.633. The van der Waals surface area contributed by atoms with Crippen molar-refractivity contribution in [1.82, 2.24) is 4.90 Å². The van der Waals surface area contributed by atoms with Gasteiger partial charge in [-0.1, -0.05) is 24.3 Å². The lowest BCUT2D eigenvalue weighted by Crippen LogP contribution is -2.43. The van der Waals surface area contributed by atoms with Crippen molar-refractivity contribution in [2.75, 3.05) is 25.5 Å². The van der Waals surface area contributed by atoms with Gasteiger partial charge in [0.2, 0.25) is 11.8 Å². The Hall–Kier alpha value is -2.30. The van der Waals surface area contributed by atoms with Gasteiger partial charge in [-0.2, -0.15) is 0 Å². The first-order valence-corrected chi connectivity index (χ1v) is 8.50. The lowest BCUT2D eigenvalue weighted by atomic mass is 9.81. The summed E-state index contributed by atoms with van der Waals surface area (Å²) in [4.78, 5) is 27.3. The number of allylic oxidation sites excluding steroid dienone is 2. The zero-order chi connectivity index (χ0) is 17.5. The molecule has 1 aliphatic rings. The molecule has 0 saturated carbocycles. The predicted octanol–water partition coefficient (Wildman–Crippen LogP) is 3.08. The quantitative estimate of drug-likeness (QED) is 0.816. The van der Waals surface area contributed by atoms with E-state index in [-0.39, 0.29) is 23.7 Å². The van der Waals surface area contributed by atoms with Crippen LogP contribution in [0.2, 0.25) is 0 Å². The highest BCUT2D eigenvalue weighted by molar-refractivity contribution is 5.97. The van der Waals surface area contributed by atoms with Crippen molar-refractivity contribution in [3.05, 3.63) is 36.4 Å². The van der Waals surface area contributed by atoms with E-state index < -0.39 is 0 Å². The average molecular weight is 330 g/mol. The number of methoxy groups -OCH3 is 1. The van der Waals surface area contributed by atoms with Gasteiger partial charge >= 0.3 is 0 Å². The van der Waals surface area contributed by atoms with Gasteiger partial charge in [0.25, 0.3) is 0 Å². The summed E-state index contributed by atoms with van der Waals surface area (Å²) in [6.45, 7) is 5.25. The molecule has 0 spiro atoms. The van der Waals surface area contributed by atoms with Crippen LogP contribution in [0.3, 0.4) is 0 Å². The molecule has 1 aromatic carbocycles. The normalized spacial score (nSPS) is 19.6. The van der Waals surface area contributed by atoms with Crippen LogP contribution in [-0.2, 0) is 9.59 Å². The third-order valence-corrected chi connectivity index (χ3v) is 4.53. The molecule has 24 heavy (non-hydrogen) atoms. The van der Waals surface area contributed by atoms with E-state index in [2.05, 4.69) is 5.32 Å². The number of rotatable bonds is 6. The topological polar surface area (TPSA) is 58.6 Å². The molecule has 0 fully saturated rings. The lowest BCUT2D eigenvalue weighted by Gasteiger charge is -2.31. The minimum atomic E-state index is -0.354. The molecule has 1 aromatic rings. The van der Waals surface area contributed by atoms with Gasteiger partial charge in [-0.05, 0) is 38.8 Å². The van der Waals surface area contributed by atoms with Crippen molar-refractivity contribution in [1.29, 1.82) is 0 Å².